The van der Waals surface area contributed by atoms with Gasteiger partial charge < -0.3 is 19.3 Å². The van der Waals surface area contributed by atoms with Gasteiger partial charge in [-0.15, -0.1) is 0 Å². The first-order valence-electron chi connectivity index (χ1n) is 13.2. The highest BCUT2D eigenvalue weighted by molar-refractivity contribution is 5.91. The highest BCUT2D eigenvalue weighted by Gasteiger charge is 2.31. The van der Waals surface area contributed by atoms with Crippen LogP contribution in [0.25, 0.3) is 10.9 Å². The summed E-state index contributed by atoms with van der Waals surface area (Å²) in [7, 11) is 0. The molecule has 2 aliphatic heterocycles. The number of aromatic nitrogens is 2. The van der Waals surface area contributed by atoms with Gasteiger partial charge in [-0.3, -0.25) is 4.79 Å². The van der Waals surface area contributed by atoms with Crippen LogP contribution in [0.2, 0.25) is 0 Å². The van der Waals surface area contributed by atoms with Gasteiger partial charge in [0.2, 0.25) is 5.91 Å². The Morgan fingerprint density at radius 2 is 1.57 bits per heavy atom. The number of halogens is 1. The molecular formula is C30H32FN5O. The molecule has 37 heavy (non-hydrogen) atoms. The van der Waals surface area contributed by atoms with Crippen LogP contribution in [0.15, 0.2) is 79.1 Å². The third kappa shape index (κ3) is 4.78. The van der Waals surface area contributed by atoms with Crippen molar-refractivity contribution in [2.45, 2.75) is 19.4 Å². The van der Waals surface area contributed by atoms with Crippen molar-refractivity contribution < 1.29 is 9.18 Å². The topological polar surface area (TPSA) is 44.6 Å². The Hall–Kier alpha value is -3.87. The summed E-state index contributed by atoms with van der Waals surface area (Å²) in [5, 5.41) is 1.16. The molecule has 0 bridgehead atoms. The third-order valence-electron chi connectivity index (χ3n) is 7.80. The van der Waals surface area contributed by atoms with Crippen molar-refractivity contribution >= 4 is 28.3 Å². The van der Waals surface area contributed by atoms with E-state index in [4.69, 9.17) is 4.98 Å². The molecule has 0 N–H and O–H groups in total. The molecule has 0 spiro atoms. The van der Waals surface area contributed by atoms with E-state index in [9.17, 15) is 9.18 Å². The Balaban J connectivity index is 1.07. The Morgan fingerprint density at radius 3 is 2.32 bits per heavy atom. The van der Waals surface area contributed by atoms with Crippen molar-refractivity contribution in [1.29, 1.82) is 0 Å². The zero-order valence-corrected chi connectivity index (χ0v) is 21.0. The first-order valence-corrected chi connectivity index (χ1v) is 13.2. The molecule has 0 saturated carbocycles. The number of fused-ring (bicyclic) bond motifs is 1. The second-order valence-corrected chi connectivity index (χ2v) is 10.0. The van der Waals surface area contributed by atoms with Gasteiger partial charge in [-0.25, -0.2) is 9.37 Å². The zero-order valence-electron chi connectivity index (χ0n) is 21.0. The van der Waals surface area contributed by atoms with Crippen molar-refractivity contribution in [3.8, 4) is 0 Å². The number of carbonyl (C=O) groups is 1. The standard InChI is InChI=1S/C30H32FN5O/c31-26-8-4-5-9-28(26)33-18-20-35(21-19-33)30(37)24-11-15-34(16-12-24)29-25-13-17-36(27(25)10-14-32-29)22-23-6-2-1-3-7-23/h1-10,13-14,17,24H,11-12,15-16,18-22H2. The van der Waals surface area contributed by atoms with E-state index >= 15 is 0 Å². The van der Waals surface area contributed by atoms with E-state index in [-0.39, 0.29) is 17.6 Å². The highest BCUT2D eigenvalue weighted by atomic mass is 19.1. The van der Waals surface area contributed by atoms with Crippen molar-refractivity contribution in [2.24, 2.45) is 5.92 Å². The van der Waals surface area contributed by atoms with Gasteiger partial charge in [-0.05, 0) is 42.7 Å². The predicted octanol–water partition coefficient (Wildman–Crippen LogP) is 4.79. The number of piperidine rings is 1. The predicted molar refractivity (Wildman–Crippen MR) is 145 cm³/mol. The fraction of sp³-hybridized carbons (Fsp3) is 0.333. The number of benzene rings is 2. The molecule has 0 atom stereocenters. The van der Waals surface area contributed by atoms with E-state index in [2.05, 4.69) is 52.1 Å². The number of nitrogens with zero attached hydrogens (tertiary/aromatic N) is 5. The molecule has 2 fully saturated rings. The Bertz CT molecular complexity index is 1370. The summed E-state index contributed by atoms with van der Waals surface area (Å²) in [5.74, 6) is 1.09. The van der Waals surface area contributed by atoms with Gasteiger partial charge in [0, 0.05) is 69.5 Å². The Morgan fingerprint density at radius 1 is 0.838 bits per heavy atom. The van der Waals surface area contributed by atoms with Crippen molar-refractivity contribution in [2.75, 3.05) is 49.1 Å². The highest BCUT2D eigenvalue weighted by Crippen LogP contribution is 2.30. The number of piperazine rings is 1. The van der Waals surface area contributed by atoms with Gasteiger partial charge >= 0.3 is 0 Å². The summed E-state index contributed by atoms with van der Waals surface area (Å²) < 4.78 is 16.4. The molecule has 2 aromatic carbocycles. The molecule has 1 amide bonds. The van der Waals surface area contributed by atoms with Crippen LogP contribution in [-0.4, -0.2) is 59.6 Å². The molecule has 7 heteroatoms. The molecule has 6 rings (SSSR count). The molecule has 4 heterocycles. The fourth-order valence-electron chi connectivity index (χ4n) is 5.75. The molecule has 190 valence electrons. The quantitative estimate of drug-likeness (QED) is 0.398. The van der Waals surface area contributed by atoms with E-state index in [1.54, 1.807) is 6.07 Å². The summed E-state index contributed by atoms with van der Waals surface area (Å²) in [5.41, 5.74) is 3.08. The largest absolute Gasteiger partial charge is 0.366 e. The van der Waals surface area contributed by atoms with Crippen LogP contribution in [0.5, 0.6) is 0 Å². The lowest BCUT2D eigenvalue weighted by atomic mass is 9.94. The second kappa shape index (κ2) is 10.2. The van der Waals surface area contributed by atoms with Gasteiger partial charge in [0.25, 0.3) is 0 Å². The third-order valence-corrected chi connectivity index (χ3v) is 7.80. The maximum Gasteiger partial charge on any atom is 0.225 e. The molecule has 0 aliphatic carbocycles. The van der Waals surface area contributed by atoms with E-state index in [1.807, 2.05) is 34.2 Å². The van der Waals surface area contributed by atoms with Crippen molar-refractivity contribution in [1.82, 2.24) is 14.5 Å². The van der Waals surface area contributed by atoms with Gasteiger partial charge in [-0.1, -0.05) is 42.5 Å². The summed E-state index contributed by atoms with van der Waals surface area (Å²) in [4.78, 5) is 24.4. The number of carbonyl (C=O) groups excluding carboxylic acids is 1. The molecule has 0 radical (unpaired) electrons. The molecule has 0 unspecified atom stereocenters. The SMILES string of the molecule is O=C(C1CCN(c2nccc3c2ccn3Cc2ccccc2)CC1)N1CCN(c2ccccc2F)CC1. The Labute approximate surface area is 216 Å². The average Bonchev–Trinajstić information content (AvgIpc) is 3.36. The van der Waals surface area contributed by atoms with Crippen molar-refractivity contribution in [3.05, 3.63) is 90.5 Å². The lowest BCUT2D eigenvalue weighted by molar-refractivity contribution is -0.136. The first kappa shape index (κ1) is 23.5. The summed E-state index contributed by atoms with van der Waals surface area (Å²) in [6.07, 6.45) is 5.69. The normalized spacial score (nSPS) is 16.9. The van der Waals surface area contributed by atoms with Crippen LogP contribution < -0.4 is 9.80 Å². The minimum absolute atomic E-state index is 0.0399. The monoisotopic (exact) mass is 497 g/mol. The maximum absolute atomic E-state index is 14.2. The lowest BCUT2D eigenvalue weighted by Gasteiger charge is -2.39. The van der Waals surface area contributed by atoms with Crippen LogP contribution in [-0.2, 0) is 11.3 Å². The number of anilines is 2. The van der Waals surface area contributed by atoms with Gasteiger partial charge in [-0.2, -0.15) is 0 Å². The van der Waals surface area contributed by atoms with Gasteiger partial charge in [0.15, 0.2) is 0 Å². The summed E-state index contributed by atoms with van der Waals surface area (Å²) in [6.45, 7) is 5.08. The molecule has 2 aromatic heterocycles. The Kier molecular flexibility index (Phi) is 6.51. The molecule has 2 saturated heterocycles. The number of hydrogen-bond donors (Lipinski definition) is 0. The van der Waals surface area contributed by atoms with Crippen LogP contribution in [0.1, 0.15) is 18.4 Å². The number of para-hydroxylation sites is 1. The fourth-order valence-corrected chi connectivity index (χ4v) is 5.75. The minimum Gasteiger partial charge on any atom is -0.366 e. The van der Waals surface area contributed by atoms with Crippen LogP contribution in [0, 0.1) is 11.7 Å². The van der Waals surface area contributed by atoms with Crippen molar-refractivity contribution in [3.63, 3.8) is 0 Å². The van der Waals surface area contributed by atoms with E-state index < -0.39 is 0 Å². The number of amides is 1. The van der Waals surface area contributed by atoms with E-state index in [1.165, 1.54) is 17.1 Å². The maximum atomic E-state index is 14.2. The minimum atomic E-state index is -0.200. The molecular weight excluding hydrogens is 465 g/mol. The number of rotatable bonds is 5. The molecule has 2 aliphatic rings. The number of hydrogen-bond acceptors (Lipinski definition) is 4. The summed E-state index contributed by atoms with van der Waals surface area (Å²) in [6, 6.07) is 21.6. The van der Waals surface area contributed by atoms with Crippen LogP contribution in [0.4, 0.5) is 15.9 Å². The van der Waals surface area contributed by atoms with Gasteiger partial charge in [0.1, 0.15) is 11.6 Å². The smallest absolute Gasteiger partial charge is 0.225 e. The first-order chi connectivity index (χ1) is 18.2. The summed E-state index contributed by atoms with van der Waals surface area (Å²) >= 11 is 0. The number of pyridine rings is 1. The second-order valence-electron chi connectivity index (χ2n) is 10.0. The average molecular weight is 498 g/mol. The molecule has 6 nitrogen and oxygen atoms in total. The van der Waals surface area contributed by atoms with Gasteiger partial charge in [0.05, 0.1) is 11.2 Å². The zero-order chi connectivity index (χ0) is 25.2. The van der Waals surface area contributed by atoms with Crippen LogP contribution >= 0.6 is 0 Å². The van der Waals surface area contributed by atoms with E-state index in [0.29, 0.717) is 31.9 Å². The lowest BCUT2D eigenvalue weighted by Crippen LogP contribution is -2.52. The molecule has 4 aromatic rings. The van der Waals surface area contributed by atoms with Crippen LogP contribution in [0.3, 0.4) is 0 Å². The van der Waals surface area contributed by atoms with E-state index in [0.717, 1.165) is 43.7 Å².